The van der Waals surface area contributed by atoms with Gasteiger partial charge in [0, 0.05) is 6.54 Å². The van der Waals surface area contributed by atoms with E-state index in [0.29, 0.717) is 18.4 Å². The molecule has 6 atom stereocenters. The zero-order valence-corrected chi connectivity index (χ0v) is 22.1. The number of hydrogen-bond donors (Lipinski definition) is 1. The Labute approximate surface area is 226 Å². The second-order valence-corrected chi connectivity index (χ2v) is 11.1. The van der Waals surface area contributed by atoms with Gasteiger partial charge in [0.05, 0.1) is 36.8 Å². The minimum absolute atomic E-state index is 0.117. The minimum Gasteiger partial charge on any atom is -0.465 e. The summed E-state index contributed by atoms with van der Waals surface area (Å²) in [5.41, 5.74) is 0.116. The lowest BCUT2D eigenvalue weighted by atomic mass is 9.77. The molecule has 1 aromatic carbocycles. The van der Waals surface area contributed by atoms with Crippen molar-refractivity contribution in [2.75, 3.05) is 19.8 Å². The molecule has 0 saturated carbocycles. The van der Waals surface area contributed by atoms with Crippen LogP contribution < -0.4 is 0 Å². The third-order valence-corrected chi connectivity index (χ3v) is 8.21. The average Bonchev–Trinajstić information content (AvgIpc) is 3.50. The SMILES string of the molecule is CC(C)C[C@H](CO)N1C(=O)[C@@H]2[C@@H]3C(=O)OCCC=C[C@@H]3O[C@@]23C=CCN(Cn2nnc4ccccc42)C(=O)C13. The van der Waals surface area contributed by atoms with Crippen LogP contribution in [0.25, 0.3) is 11.0 Å². The molecule has 206 valence electrons. The highest BCUT2D eigenvalue weighted by atomic mass is 16.6. The van der Waals surface area contributed by atoms with Crippen LogP contribution in [0.1, 0.15) is 26.7 Å². The van der Waals surface area contributed by atoms with Gasteiger partial charge in [0.15, 0.2) is 0 Å². The Hall–Kier alpha value is -3.57. The largest absolute Gasteiger partial charge is 0.465 e. The monoisotopic (exact) mass is 535 g/mol. The fraction of sp³-hybridized carbons (Fsp3) is 0.536. The molecule has 0 bridgehead atoms. The van der Waals surface area contributed by atoms with Crippen molar-refractivity contribution in [3.63, 3.8) is 0 Å². The van der Waals surface area contributed by atoms with E-state index >= 15 is 0 Å². The maximum atomic E-state index is 14.4. The first-order chi connectivity index (χ1) is 18.9. The smallest absolute Gasteiger partial charge is 0.312 e. The summed E-state index contributed by atoms with van der Waals surface area (Å²) >= 11 is 0. The fourth-order valence-electron chi connectivity index (χ4n) is 6.62. The summed E-state index contributed by atoms with van der Waals surface area (Å²) < 4.78 is 13.7. The van der Waals surface area contributed by atoms with E-state index in [2.05, 4.69) is 10.3 Å². The molecule has 2 saturated heterocycles. The number of fused-ring (bicyclic) bond motifs is 3. The van der Waals surface area contributed by atoms with Gasteiger partial charge < -0.3 is 24.4 Å². The molecule has 2 aromatic rings. The lowest BCUT2D eigenvalue weighted by molar-refractivity contribution is -0.157. The molecule has 6 rings (SSSR count). The van der Waals surface area contributed by atoms with E-state index < -0.39 is 41.6 Å². The van der Waals surface area contributed by atoms with Crippen LogP contribution in [0, 0.1) is 17.8 Å². The van der Waals surface area contributed by atoms with Crippen molar-refractivity contribution in [1.29, 1.82) is 0 Å². The number of likely N-dealkylation sites (tertiary alicyclic amines) is 1. The first kappa shape index (κ1) is 25.7. The Bertz CT molecular complexity index is 1350. The molecule has 11 heteroatoms. The van der Waals surface area contributed by atoms with Crippen LogP contribution in [0.3, 0.4) is 0 Å². The Morgan fingerprint density at radius 3 is 2.77 bits per heavy atom. The molecule has 2 amide bonds. The van der Waals surface area contributed by atoms with Crippen molar-refractivity contribution in [3.8, 4) is 0 Å². The Kier molecular flexibility index (Phi) is 6.50. The third-order valence-electron chi connectivity index (χ3n) is 8.21. The number of cyclic esters (lactones) is 1. The van der Waals surface area contributed by atoms with E-state index in [0.717, 1.165) is 5.52 Å². The Balaban J connectivity index is 1.43. The summed E-state index contributed by atoms with van der Waals surface area (Å²) in [4.78, 5) is 45.0. The zero-order chi connectivity index (χ0) is 27.3. The standard InChI is InChI=1S/C28H33N5O6/c1-17(2)14-18(15-34)33-24-26(36)31(16-32-20-9-4-3-8-19(20)29-30-32)12-7-11-28(24)23(25(33)35)22-21(39-28)10-5-6-13-38-27(22)37/h3-5,7-11,17-18,21-24,34H,6,12-16H2,1-2H3/t18-,21+,22-,23+,24?,28+/m1/s1. The molecule has 0 radical (unpaired) electrons. The average molecular weight is 536 g/mol. The maximum Gasteiger partial charge on any atom is 0.312 e. The number of carbonyl (C=O) groups is 3. The van der Waals surface area contributed by atoms with E-state index in [1.54, 1.807) is 15.7 Å². The molecule has 1 spiro atoms. The predicted octanol–water partition coefficient (Wildman–Crippen LogP) is 1.28. The van der Waals surface area contributed by atoms with Crippen molar-refractivity contribution in [2.24, 2.45) is 17.8 Å². The highest BCUT2D eigenvalue weighted by molar-refractivity contribution is 5.99. The first-order valence-corrected chi connectivity index (χ1v) is 13.5. The molecule has 5 heterocycles. The number of ether oxygens (including phenoxy) is 2. The number of rotatable bonds is 6. The van der Waals surface area contributed by atoms with Crippen molar-refractivity contribution in [3.05, 3.63) is 48.6 Å². The molecule has 39 heavy (non-hydrogen) atoms. The highest BCUT2D eigenvalue weighted by Gasteiger charge is 2.72. The van der Waals surface area contributed by atoms with E-state index in [-0.39, 0.29) is 44.2 Å². The molecule has 1 N–H and O–H groups in total. The van der Waals surface area contributed by atoms with Crippen molar-refractivity contribution in [2.45, 2.75) is 57.1 Å². The van der Waals surface area contributed by atoms with Gasteiger partial charge in [0.2, 0.25) is 5.91 Å². The zero-order valence-electron chi connectivity index (χ0n) is 22.1. The van der Waals surface area contributed by atoms with Crippen LogP contribution >= 0.6 is 0 Å². The second kappa shape index (κ2) is 9.87. The summed E-state index contributed by atoms with van der Waals surface area (Å²) in [6.07, 6.45) is 7.65. The van der Waals surface area contributed by atoms with E-state index in [9.17, 15) is 19.5 Å². The fourth-order valence-corrected chi connectivity index (χ4v) is 6.62. The van der Waals surface area contributed by atoms with E-state index in [1.165, 1.54) is 4.90 Å². The molecule has 2 fully saturated rings. The number of esters is 1. The number of benzene rings is 1. The van der Waals surface area contributed by atoms with Crippen LogP contribution in [-0.2, 0) is 30.5 Å². The minimum atomic E-state index is -1.37. The van der Waals surface area contributed by atoms with Gasteiger partial charge >= 0.3 is 5.97 Å². The maximum absolute atomic E-state index is 14.4. The number of nitrogens with zero attached hydrogens (tertiary/aromatic N) is 5. The lowest BCUT2D eigenvalue weighted by Gasteiger charge is -2.39. The summed E-state index contributed by atoms with van der Waals surface area (Å²) in [5, 5.41) is 18.9. The van der Waals surface area contributed by atoms with Gasteiger partial charge in [-0.05, 0) is 30.9 Å². The summed E-state index contributed by atoms with van der Waals surface area (Å²) in [6.45, 7) is 4.28. The summed E-state index contributed by atoms with van der Waals surface area (Å²) in [6, 6.07) is 5.81. The Morgan fingerprint density at radius 2 is 1.97 bits per heavy atom. The van der Waals surface area contributed by atoms with Crippen molar-refractivity contribution in [1.82, 2.24) is 24.8 Å². The molecule has 11 nitrogen and oxygen atoms in total. The normalized spacial score (nSPS) is 31.1. The number of amides is 2. The number of aromatic nitrogens is 3. The second-order valence-electron chi connectivity index (χ2n) is 11.1. The molecule has 1 unspecified atom stereocenters. The number of hydrogen-bond acceptors (Lipinski definition) is 8. The van der Waals surface area contributed by atoms with Crippen LogP contribution in [0.4, 0.5) is 0 Å². The number of aliphatic hydroxyl groups is 1. The predicted molar refractivity (Wildman–Crippen MR) is 139 cm³/mol. The summed E-state index contributed by atoms with van der Waals surface area (Å²) in [5.74, 6) is -2.88. The number of aliphatic hydroxyl groups excluding tert-OH is 1. The van der Waals surface area contributed by atoms with E-state index in [4.69, 9.17) is 9.47 Å². The van der Waals surface area contributed by atoms with Gasteiger partial charge in [-0.3, -0.25) is 14.4 Å². The molecule has 0 aliphatic carbocycles. The van der Waals surface area contributed by atoms with Gasteiger partial charge in [-0.15, -0.1) is 5.10 Å². The first-order valence-electron chi connectivity index (χ1n) is 13.5. The lowest BCUT2D eigenvalue weighted by Crippen LogP contribution is -2.58. The van der Waals surface area contributed by atoms with Gasteiger partial charge in [0.25, 0.3) is 5.91 Å². The van der Waals surface area contributed by atoms with Crippen molar-refractivity contribution < 1.29 is 29.0 Å². The number of para-hydroxylation sites is 1. The van der Waals surface area contributed by atoms with Gasteiger partial charge in [-0.1, -0.05) is 55.5 Å². The molecule has 1 aromatic heterocycles. The molecule has 4 aliphatic heterocycles. The molecule has 4 aliphatic rings. The molecular weight excluding hydrogens is 502 g/mol. The third kappa shape index (κ3) is 4.06. The Morgan fingerprint density at radius 1 is 1.15 bits per heavy atom. The van der Waals surface area contributed by atoms with Gasteiger partial charge in [0.1, 0.15) is 29.7 Å². The van der Waals surface area contributed by atoms with Crippen molar-refractivity contribution >= 4 is 28.8 Å². The number of carbonyl (C=O) groups excluding carboxylic acids is 3. The van der Waals surface area contributed by atoms with E-state index in [1.807, 2.05) is 56.3 Å². The van der Waals surface area contributed by atoms with Gasteiger partial charge in [-0.25, -0.2) is 4.68 Å². The summed E-state index contributed by atoms with van der Waals surface area (Å²) in [7, 11) is 0. The van der Waals surface area contributed by atoms with Crippen LogP contribution in [0.5, 0.6) is 0 Å². The van der Waals surface area contributed by atoms with Gasteiger partial charge in [-0.2, -0.15) is 0 Å². The van der Waals surface area contributed by atoms with Crippen LogP contribution in [0.2, 0.25) is 0 Å². The van der Waals surface area contributed by atoms with Crippen LogP contribution in [0.15, 0.2) is 48.6 Å². The highest BCUT2D eigenvalue weighted by Crippen LogP contribution is 2.54. The quantitative estimate of drug-likeness (QED) is 0.433. The molecular formula is C28H33N5O6. The topological polar surface area (TPSA) is 127 Å². The van der Waals surface area contributed by atoms with Crippen LogP contribution in [-0.4, -0.2) is 91.2 Å².